The molecule has 0 fully saturated rings. The van der Waals surface area contributed by atoms with Gasteiger partial charge in [-0.05, 0) is 12.1 Å². The van der Waals surface area contributed by atoms with E-state index in [-0.39, 0.29) is 5.91 Å². The van der Waals surface area contributed by atoms with Crippen LogP contribution >= 0.6 is 39.1 Å². The van der Waals surface area contributed by atoms with E-state index >= 15 is 0 Å². The van der Waals surface area contributed by atoms with Gasteiger partial charge in [-0.1, -0.05) is 45.2 Å². The average Bonchev–Trinajstić information content (AvgIpc) is 2.38. The number of alkyl halides is 1. The van der Waals surface area contributed by atoms with Crippen molar-refractivity contribution < 1.29 is 4.79 Å². The summed E-state index contributed by atoms with van der Waals surface area (Å²) in [7, 11) is 0. The van der Waals surface area contributed by atoms with Crippen LogP contribution in [0.5, 0.6) is 0 Å². The standard InChI is InChI=1S/C11H7BrCl2N4O/c12-10-9(5-16-18-11(10)19)17-15-4-6-7(13)2-1-3-8(6)14/h1-5,10H,(H,18,19)/b15-4+,17-9-. The number of nitrogens with one attached hydrogen (secondary N) is 1. The molecule has 1 aliphatic rings. The van der Waals surface area contributed by atoms with Crippen LogP contribution in [0.2, 0.25) is 10.0 Å². The number of hydrazone groups is 1. The number of benzene rings is 1. The molecule has 98 valence electrons. The lowest BCUT2D eigenvalue weighted by Gasteiger charge is -2.10. The Kier molecular flexibility index (Phi) is 4.68. The third-order valence-electron chi connectivity index (χ3n) is 2.22. The second-order valence-corrected chi connectivity index (χ2v) is 5.23. The van der Waals surface area contributed by atoms with Gasteiger partial charge in [-0.2, -0.15) is 15.3 Å². The zero-order chi connectivity index (χ0) is 13.8. The number of hydrogen-bond donors (Lipinski definition) is 1. The molecule has 0 aromatic heterocycles. The Hall–Kier alpha value is -1.24. The van der Waals surface area contributed by atoms with E-state index in [0.29, 0.717) is 21.3 Å². The summed E-state index contributed by atoms with van der Waals surface area (Å²) < 4.78 is 0. The van der Waals surface area contributed by atoms with Crippen LogP contribution in [-0.4, -0.2) is 28.9 Å². The van der Waals surface area contributed by atoms with Gasteiger partial charge in [0.25, 0.3) is 5.91 Å². The molecule has 0 bridgehead atoms. The molecule has 0 spiro atoms. The Morgan fingerprint density at radius 2 is 2.05 bits per heavy atom. The Bertz CT molecular complexity index is 580. The minimum absolute atomic E-state index is 0.299. The average molecular weight is 362 g/mol. The Morgan fingerprint density at radius 1 is 1.37 bits per heavy atom. The molecule has 0 aliphatic carbocycles. The van der Waals surface area contributed by atoms with E-state index < -0.39 is 4.83 Å². The Labute approximate surface area is 127 Å². The second-order valence-electron chi connectivity index (χ2n) is 3.50. The molecule has 1 heterocycles. The van der Waals surface area contributed by atoms with E-state index in [1.54, 1.807) is 18.2 Å². The van der Waals surface area contributed by atoms with Crippen molar-refractivity contribution >= 4 is 63.2 Å². The molecule has 1 aliphatic heterocycles. The fourth-order valence-electron chi connectivity index (χ4n) is 1.28. The molecular formula is C11H7BrCl2N4O. The molecule has 1 amide bonds. The van der Waals surface area contributed by atoms with E-state index in [0.717, 1.165) is 0 Å². The molecule has 1 atom stereocenters. The molecule has 1 aromatic rings. The molecule has 0 saturated heterocycles. The van der Waals surface area contributed by atoms with Gasteiger partial charge in [-0.3, -0.25) is 4.79 Å². The molecule has 8 heteroatoms. The molecule has 5 nitrogen and oxygen atoms in total. The Balaban J connectivity index is 2.22. The monoisotopic (exact) mass is 360 g/mol. The van der Waals surface area contributed by atoms with E-state index in [1.807, 2.05) is 0 Å². The summed E-state index contributed by atoms with van der Waals surface area (Å²) in [6, 6.07) is 5.13. The third kappa shape index (κ3) is 3.40. The fourth-order valence-corrected chi connectivity index (χ4v) is 2.09. The minimum atomic E-state index is -0.580. The SMILES string of the molecule is O=C1NN=C/C(=N/N=C/c2c(Cl)cccc2Cl)C1Br. The van der Waals surface area contributed by atoms with Crippen molar-refractivity contribution in [3.63, 3.8) is 0 Å². The van der Waals surface area contributed by atoms with Crippen molar-refractivity contribution in [1.82, 2.24) is 5.43 Å². The molecule has 0 radical (unpaired) electrons. The first-order valence-electron chi connectivity index (χ1n) is 5.11. The minimum Gasteiger partial charge on any atom is -0.271 e. The van der Waals surface area contributed by atoms with Crippen LogP contribution in [0, 0.1) is 0 Å². The van der Waals surface area contributed by atoms with Crippen molar-refractivity contribution in [3.8, 4) is 0 Å². The third-order valence-corrected chi connectivity index (χ3v) is 3.77. The number of carbonyl (C=O) groups is 1. The number of amides is 1. The van der Waals surface area contributed by atoms with E-state index in [4.69, 9.17) is 23.2 Å². The summed E-state index contributed by atoms with van der Waals surface area (Å²) in [5, 5.41) is 12.4. The van der Waals surface area contributed by atoms with E-state index in [9.17, 15) is 4.79 Å². The molecule has 2 rings (SSSR count). The van der Waals surface area contributed by atoms with Crippen LogP contribution in [0.15, 0.2) is 33.5 Å². The van der Waals surface area contributed by atoms with Crippen molar-refractivity contribution in [3.05, 3.63) is 33.8 Å². The maximum atomic E-state index is 11.3. The zero-order valence-electron chi connectivity index (χ0n) is 9.35. The Morgan fingerprint density at radius 3 is 2.74 bits per heavy atom. The summed E-state index contributed by atoms with van der Waals surface area (Å²) in [6.07, 6.45) is 2.84. The highest BCUT2D eigenvalue weighted by molar-refractivity contribution is 9.10. The number of rotatable bonds is 2. The molecule has 19 heavy (non-hydrogen) atoms. The smallest absolute Gasteiger partial charge is 0.260 e. The lowest BCUT2D eigenvalue weighted by atomic mass is 10.2. The highest BCUT2D eigenvalue weighted by Crippen LogP contribution is 2.22. The van der Waals surface area contributed by atoms with Crippen molar-refractivity contribution in [2.24, 2.45) is 15.3 Å². The van der Waals surface area contributed by atoms with E-state index in [2.05, 4.69) is 36.7 Å². The van der Waals surface area contributed by atoms with Crippen LogP contribution < -0.4 is 5.43 Å². The first-order valence-corrected chi connectivity index (χ1v) is 6.78. The molecular weight excluding hydrogens is 355 g/mol. The normalized spacial score (nSPS) is 21.1. The fraction of sp³-hybridized carbons (Fsp3) is 0.0909. The van der Waals surface area contributed by atoms with Crippen LogP contribution in [0.3, 0.4) is 0 Å². The van der Waals surface area contributed by atoms with Crippen LogP contribution in [0.4, 0.5) is 0 Å². The van der Waals surface area contributed by atoms with Gasteiger partial charge >= 0.3 is 0 Å². The van der Waals surface area contributed by atoms with Crippen LogP contribution in [0.1, 0.15) is 5.56 Å². The lowest BCUT2D eigenvalue weighted by Crippen LogP contribution is -2.38. The summed E-state index contributed by atoms with van der Waals surface area (Å²) in [4.78, 5) is 10.7. The van der Waals surface area contributed by atoms with Gasteiger partial charge in [0.05, 0.1) is 22.5 Å². The quantitative estimate of drug-likeness (QED) is 0.491. The number of hydrogen-bond acceptors (Lipinski definition) is 4. The topological polar surface area (TPSA) is 66.2 Å². The van der Waals surface area contributed by atoms with Gasteiger partial charge in [0.15, 0.2) is 0 Å². The summed E-state index contributed by atoms with van der Waals surface area (Å²) >= 11 is 15.1. The van der Waals surface area contributed by atoms with Gasteiger partial charge in [0.2, 0.25) is 0 Å². The molecule has 1 aromatic carbocycles. The van der Waals surface area contributed by atoms with Crippen molar-refractivity contribution in [2.45, 2.75) is 4.83 Å². The van der Waals surface area contributed by atoms with Crippen LogP contribution in [-0.2, 0) is 4.79 Å². The number of halogens is 3. The first kappa shape index (κ1) is 14.2. The predicted molar refractivity (Wildman–Crippen MR) is 80.8 cm³/mol. The highest BCUT2D eigenvalue weighted by Gasteiger charge is 2.23. The van der Waals surface area contributed by atoms with Crippen molar-refractivity contribution in [1.29, 1.82) is 0 Å². The molecule has 0 saturated carbocycles. The van der Waals surface area contributed by atoms with Gasteiger partial charge in [-0.25, -0.2) is 5.43 Å². The van der Waals surface area contributed by atoms with E-state index in [1.165, 1.54) is 12.4 Å². The lowest BCUT2D eigenvalue weighted by molar-refractivity contribution is -0.119. The van der Waals surface area contributed by atoms with Crippen LogP contribution in [0.25, 0.3) is 0 Å². The maximum absolute atomic E-state index is 11.3. The summed E-state index contributed by atoms with van der Waals surface area (Å²) in [5.74, 6) is -0.299. The van der Waals surface area contributed by atoms with Gasteiger partial charge in [0, 0.05) is 5.56 Å². The molecule has 1 unspecified atom stereocenters. The second kappa shape index (κ2) is 6.27. The molecule has 1 N–H and O–H groups in total. The largest absolute Gasteiger partial charge is 0.271 e. The predicted octanol–water partition coefficient (Wildman–Crippen LogP) is 2.65. The van der Waals surface area contributed by atoms with Crippen molar-refractivity contribution in [2.75, 3.05) is 0 Å². The zero-order valence-corrected chi connectivity index (χ0v) is 12.4. The number of nitrogens with zero attached hydrogens (tertiary/aromatic N) is 3. The highest BCUT2D eigenvalue weighted by atomic mass is 79.9. The van der Waals surface area contributed by atoms with Gasteiger partial charge < -0.3 is 0 Å². The number of carbonyl (C=O) groups excluding carboxylic acids is 1. The first-order chi connectivity index (χ1) is 9.09. The van der Waals surface area contributed by atoms with Gasteiger partial charge in [-0.15, -0.1) is 0 Å². The summed E-state index contributed by atoms with van der Waals surface area (Å²) in [5.41, 5.74) is 3.26. The summed E-state index contributed by atoms with van der Waals surface area (Å²) in [6.45, 7) is 0. The van der Waals surface area contributed by atoms with Gasteiger partial charge in [0.1, 0.15) is 10.5 Å². The maximum Gasteiger partial charge on any atom is 0.260 e.